The van der Waals surface area contributed by atoms with Crippen LogP contribution in [0.15, 0.2) is 48.5 Å². The molecule has 0 unspecified atom stereocenters. The fourth-order valence-electron chi connectivity index (χ4n) is 2.73. The van der Waals surface area contributed by atoms with Crippen molar-refractivity contribution in [2.75, 3.05) is 26.2 Å². The third kappa shape index (κ3) is 5.13. The normalized spacial score (nSPS) is 12.2. The van der Waals surface area contributed by atoms with Crippen LogP contribution in [-0.2, 0) is 9.53 Å². The smallest absolute Gasteiger partial charge is 0.313 e. The number of rotatable bonds is 8. The topological polar surface area (TPSA) is 29.5 Å². The number of hydrogen-bond acceptors (Lipinski definition) is 3. The Morgan fingerprint density at radius 2 is 1.80 bits per heavy atom. The van der Waals surface area contributed by atoms with Gasteiger partial charge in [-0.1, -0.05) is 56.3 Å². The first-order valence-electron chi connectivity index (χ1n) is 8.80. The molecule has 0 aliphatic rings. The van der Waals surface area contributed by atoms with Crippen molar-refractivity contribution in [2.24, 2.45) is 0 Å². The van der Waals surface area contributed by atoms with Crippen molar-refractivity contribution < 1.29 is 13.9 Å². The molecule has 0 aliphatic heterocycles. The molecule has 2 rings (SSSR count). The minimum Gasteiger partial charge on any atom is -0.464 e. The first-order chi connectivity index (χ1) is 12.1. The van der Waals surface area contributed by atoms with E-state index in [9.17, 15) is 9.18 Å². The van der Waals surface area contributed by atoms with E-state index < -0.39 is 5.92 Å². The van der Waals surface area contributed by atoms with Crippen LogP contribution in [0.25, 0.3) is 11.1 Å². The molecule has 0 heterocycles. The van der Waals surface area contributed by atoms with Crippen LogP contribution >= 0.6 is 0 Å². The molecular weight excluding hydrogens is 317 g/mol. The first-order valence-corrected chi connectivity index (χ1v) is 8.80. The lowest BCUT2D eigenvalue weighted by Gasteiger charge is -2.19. The number of halogens is 1. The standard InChI is InChI=1S/C21H26FNO2/c1-4-23(5-2)13-14-25-21(24)16(3)18-11-12-19(20(22)15-18)17-9-7-6-8-10-17/h6-12,15-16H,4-5,13-14H2,1-3H3/t16-/m1/s1. The molecule has 2 aromatic carbocycles. The van der Waals surface area contributed by atoms with Crippen LogP contribution in [0.1, 0.15) is 32.3 Å². The fraction of sp³-hybridized carbons (Fsp3) is 0.381. The zero-order valence-corrected chi connectivity index (χ0v) is 15.2. The van der Waals surface area contributed by atoms with Crippen molar-refractivity contribution in [1.82, 2.24) is 4.90 Å². The van der Waals surface area contributed by atoms with E-state index >= 15 is 0 Å². The fourth-order valence-corrected chi connectivity index (χ4v) is 2.73. The number of hydrogen-bond donors (Lipinski definition) is 0. The molecule has 1 atom stereocenters. The number of ether oxygens (including phenoxy) is 1. The molecule has 0 spiro atoms. The average molecular weight is 343 g/mol. The number of benzene rings is 2. The van der Waals surface area contributed by atoms with Gasteiger partial charge in [-0.05, 0) is 37.2 Å². The van der Waals surface area contributed by atoms with Crippen molar-refractivity contribution in [1.29, 1.82) is 0 Å². The summed E-state index contributed by atoms with van der Waals surface area (Å²) in [5.41, 5.74) is 1.98. The Kier molecular flexibility index (Phi) is 7.14. The minimum absolute atomic E-state index is 0.320. The van der Waals surface area contributed by atoms with Gasteiger partial charge < -0.3 is 9.64 Å². The molecule has 134 valence electrons. The summed E-state index contributed by atoms with van der Waals surface area (Å²) in [6.45, 7) is 8.82. The van der Waals surface area contributed by atoms with E-state index in [4.69, 9.17) is 4.74 Å². The highest BCUT2D eigenvalue weighted by Crippen LogP contribution is 2.26. The molecule has 25 heavy (non-hydrogen) atoms. The summed E-state index contributed by atoms with van der Waals surface area (Å²) in [4.78, 5) is 14.4. The Morgan fingerprint density at radius 3 is 2.40 bits per heavy atom. The Labute approximate surface area is 149 Å². The lowest BCUT2D eigenvalue weighted by molar-refractivity contribution is -0.145. The van der Waals surface area contributed by atoms with Gasteiger partial charge in [-0.25, -0.2) is 4.39 Å². The number of carbonyl (C=O) groups is 1. The van der Waals surface area contributed by atoms with Gasteiger partial charge in [0.2, 0.25) is 0 Å². The van der Waals surface area contributed by atoms with Gasteiger partial charge in [0.15, 0.2) is 0 Å². The highest BCUT2D eigenvalue weighted by atomic mass is 19.1. The third-order valence-electron chi connectivity index (χ3n) is 4.48. The zero-order chi connectivity index (χ0) is 18.2. The van der Waals surface area contributed by atoms with Gasteiger partial charge in [0.05, 0.1) is 5.92 Å². The molecule has 0 fully saturated rings. The van der Waals surface area contributed by atoms with Gasteiger partial charge in [0.25, 0.3) is 0 Å². The molecule has 2 aromatic rings. The summed E-state index contributed by atoms with van der Waals surface area (Å²) >= 11 is 0. The van der Waals surface area contributed by atoms with E-state index in [1.807, 2.05) is 30.3 Å². The van der Waals surface area contributed by atoms with Gasteiger partial charge in [0.1, 0.15) is 12.4 Å². The summed E-state index contributed by atoms with van der Waals surface area (Å²) in [5, 5.41) is 0. The maximum absolute atomic E-state index is 14.5. The van der Waals surface area contributed by atoms with Crippen molar-refractivity contribution in [3.63, 3.8) is 0 Å². The van der Waals surface area contributed by atoms with Crippen molar-refractivity contribution >= 4 is 5.97 Å². The second-order valence-electron chi connectivity index (χ2n) is 6.02. The molecule has 0 aliphatic carbocycles. The van der Waals surface area contributed by atoms with Crippen LogP contribution in [0.3, 0.4) is 0 Å². The van der Waals surface area contributed by atoms with E-state index in [0.717, 1.165) is 18.7 Å². The molecule has 0 radical (unpaired) electrons. The van der Waals surface area contributed by atoms with Gasteiger partial charge in [0, 0.05) is 12.1 Å². The zero-order valence-electron chi connectivity index (χ0n) is 15.2. The van der Waals surface area contributed by atoms with Crippen LogP contribution in [0, 0.1) is 5.82 Å². The molecule has 0 amide bonds. The van der Waals surface area contributed by atoms with E-state index in [2.05, 4.69) is 18.7 Å². The molecule has 0 saturated heterocycles. The SMILES string of the molecule is CCN(CC)CCOC(=O)[C@H](C)c1ccc(-c2ccccc2)c(F)c1. The van der Waals surface area contributed by atoms with Crippen LogP contribution in [0.2, 0.25) is 0 Å². The maximum atomic E-state index is 14.5. The Hall–Kier alpha value is -2.20. The predicted molar refractivity (Wildman–Crippen MR) is 99.0 cm³/mol. The molecule has 0 saturated carbocycles. The third-order valence-corrected chi connectivity index (χ3v) is 4.48. The molecular formula is C21H26FNO2. The number of nitrogens with zero attached hydrogens (tertiary/aromatic N) is 1. The van der Waals surface area contributed by atoms with Crippen molar-refractivity contribution in [2.45, 2.75) is 26.7 Å². The number of esters is 1. The summed E-state index contributed by atoms with van der Waals surface area (Å²) in [7, 11) is 0. The highest BCUT2D eigenvalue weighted by molar-refractivity contribution is 5.78. The van der Waals surface area contributed by atoms with E-state index in [-0.39, 0.29) is 11.8 Å². The molecule has 0 bridgehead atoms. The largest absolute Gasteiger partial charge is 0.464 e. The van der Waals surface area contributed by atoms with Gasteiger partial charge in [-0.3, -0.25) is 4.79 Å². The highest BCUT2D eigenvalue weighted by Gasteiger charge is 2.18. The summed E-state index contributed by atoms with van der Waals surface area (Å²) < 4.78 is 19.8. The molecule has 0 aromatic heterocycles. The van der Waals surface area contributed by atoms with E-state index in [1.165, 1.54) is 6.07 Å². The monoisotopic (exact) mass is 343 g/mol. The summed E-state index contributed by atoms with van der Waals surface area (Å²) in [6.07, 6.45) is 0. The Bertz CT molecular complexity index is 684. The van der Waals surface area contributed by atoms with E-state index in [0.29, 0.717) is 24.3 Å². The second kappa shape index (κ2) is 9.33. The van der Waals surface area contributed by atoms with Gasteiger partial charge >= 0.3 is 5.97 Å². The minimum atomic E-state index is -0.490. The van der Waals surface area contributed by atoms with Crippen LogP contribution < -0.4 is 0 Å². The average Bonchev–Trinajstić information content (AvgIpc) is 2.65. The lowest BCUT2D eigenvalue weighted by atomic mass is 9.97. The van der Waals surface area contributed by atoms with Gasteiger partial charge in [-0.15, -0.1) is 0 Å². The van der Waals surface area contributed by atoms with Crippen LogP contribution in [-0.4, -0.2) is 37.1 Å². The number of likely N-dealkylation sites (N-methyl/N-ethyl adjacent to an activating group) is 1. The maximum Gasteiger partial charge on any atom is 0.313 e. The summed E-state index contributed by atoms with van der Waals surface area (Å²) in [5.74, 6) is -1.14. The van der Waals surface area contributed by atoms with Crippen LogP contribution in [0.4, 0.5) is 4.39 Å². The van der Waals surface area contributed by atoms with Crippen molar-refractivity contribution in [3.8, 4) is 11.1 Å². The summed E-state index contributed by atoms with van der Waals surface area (Å²) in [6, 6.07) is 14.3. The quantitative estimate of drug-likeness (QED) is 0.662. The second-order valence-corrected chi connectivity index (χ2v) is 6.02. The van der Waals surface area contributed by atoms with Crippen molar-refractivity contribution in [3.05, 3.63) is 59.9 Å². The first kappa shape index (κ1) is 19.1. The van der Waals surface area contributed by atoms with E-state index in [1.54, 1.807) is 19.1 Å². The van der Waals surface area contributed by atoms with Gasteiger partial charge in [-0.2, -0.15) is 0 Å². The Balaban J connectivity index is 2.01. The number of carbonyl (C=O) groups excluding carboxylic acids is 1. The van der Waals surface area contributed by atoms with Crippen LogP contribution in [0.5, 0.6) is 0 Å². The lowest BCUT2D eigenvalue weighted by Crippen LogP contribution is -2.28. The predicted octanol–water partition coefficient (Wildman–Crippen LogP) is 4.48. The Morgan fingerprint density at radius 1 is 1.12 bits per heavy atom. The molecule has 4 heteroatoms. The molecule has 3 nitrogen and oxygen atoms in total. The molecule has 0 N–H and O–H groups in total.